The molecule has 130 valence electrons. The molecule has 1 aromatic rings. The number of rotatable bonds is 10. The number of para-hydroxylation sites is 1. The molecule has 0 atom stereocenters. The Hall–Kier alpha value is -1.75. The van der Waals surface area contributed by atoms with E-state index in [-0.39, 0.29) is 0 Å². The van der Waals surface area contributed by atoms with Gasteiger partial charge >= 0.3 is 0 Å². The van der Waals surface area contributed by atoms with Crippen molar-refractivity contribution in [2.45, 2.75) is 34.2 Å². The van der Waals surface area contributed by atoms with E-state index in [4.69, 9.17) is 10.5 Å². The van der Waals surface area contributed by atoms with Crippen LogP contribution in [0.4, 0.5) is 0 Å². The summed E-state index contributed by atoms with van der Waals surface area (Å²) in [5, 5.41) is 3.13. The Morgan fingerprint density at radius 1 is 1.26 bits per heavy atom. The summed E-state index contributed by atoms with van der Waals surface area (Å²) in [4.78, 5) is 6.74. The fourth-order valence-electron chi connectivity index (χ4n) is 2.13. The molecule has 0 aliphatic heterocycles. The van der Waals surface area contributed by atoms with Gasteiger partial charge in [-0.3, -0.25) is 0 Å². The Kier molecular flexibility index (Phi) is 9.14. The summed E-state index contributed by atoms with van der Waals surface area (Å²) < 4.78 is 5.93. The molecule has 1 aromatic carbocycles. The van der Waals surface area contributed by atoms with Crippen molar-refractivity contribution in [1.82, 2.24) is 10.2 Å². The van der Waals surface area contributed by atoms with E-state index in [1.165, 1.54) is 0 Å². The predicted molar refractivity (Wildman–Crippen MR) is 97.9 cm³/mol. The molecule has 0 saturated heterocycles. The molecule has 0 fully saturated rings. The Morgan fingerprint density at radius 3 is 2.61 bits per heavy atom. The van der Waals surface area contributed by atoms with Gasteiger partial charge in [0.05, 0.1) is 6.54 Å². The SMILES string of the molecule is CCN(CC)CCOc1ccccc1CN=C(N)NCC(C)C. The molecule has 5 nitrogen and oxygen atoms in total. The first-order chi connectivity index (χ1) is 11.1. The van der Waals surface area contributed by atoms with Crippen molar-refractivity contribution in [2.75, 3.05) is 32.8 Å². The summed E-state index contributed by atoms with van der Waals surface area (Å²) in [6, 6.07) is 8.01. The molecular formula is C18H32N4O. The van der Waals surface area contributed by atoms with Gasteiger partial charge in [0, 0.05) is 18.7 Å². The highest BCUT2D eigenvalue weighted by atomic mass is 16.5. The Bertz CT molecular complexity index is 470. The van der Waals surface area contributed by atoms with Gasteiger partial charge in [0.15, 0.2) is 5.96 Å². The lowest BCUT2D eigenvalue weighted by molar-refractivity contribution is 0.221. The van der Waals surface area contributed by atoms with Crippen LogP contribution < -0.4 is 15.8 Å². The van der Waals surface area contributed by atoms with Crippen molar-refractivity contribution in [3.63, 3.8) is 0 Å². The Labute approximate surface area is 140 Å². The van der Waals surface area contributed by atoms with Crippen LogP contribution in [0.25, 0.3) is 0 Å². The van der Waals surface area contributed by atoms with Crippen LogP contribution in [0, 0.1) is 5.92 Å². The normalized spacial score (nSPS) is 12.0. The van der Waals surface area contributed by atoms with E-state index in [9.17, 15) is 0 Å². The fourth-order valence-corrected chi connectivity index (χ4v) is 2.13. The van der Waals surface area contributed by atoms with Crippen LogP contribution in [-0.4, -0.2) is 43.6 Å². The van der Waals surface area contributed by atoms with Gasteiger partial charge in [0.25, 0.3) is 0 Å². The largest absolute Gasteiger partial charge is 0.492 e. The molecule has 0 unspecified atom stereocenters. The minimum atomic E-state index is 0.483. The Morgan fingerprint density at radius 2 is 1.96 bits per heavy atom. The zero-order chi connectivity index (χ0) is 17.1. The average molecular weight is 320 g/mol. The molecular weight excluding hydrogens is 288 g/mol. The van der Waals surface area contributed by atoms with E-state index in [1.54, 1.807) is 0 Å². The first kappa shape index (κ1) is 19.3. The van der Waals surface area contributed by atoms with Crippen molar-refractivity contribution in [2.24, 2.45) is 16.6 Å². The summed E-state index contributed by atoms with van der Waals surface area (Å²) in [5.74, 6) is 1.91. The van der Waals surface area contributed by atoms with E-state index in [1.807, 2.05) is 24.3 Å². The number of guanidine groups is 1. The van der Waals surface area contributed by atoms with Gasteiger partial charge in [0.1, 0.15) is 12.4 Å². The van der Waals surface area contributed by atoms with Gasteiger partial charge in [-0.2, -0.15) is 0 Å². The average Bonchev–Trinajstić information content (AvgIpc) is 2.56. The molecule has 0 aliphatic rings. The number of aliphatic imine (C=N–C) groups is 1. The third kappa shape index (κ3) is 7.88. The topological polar surface area (TPSA) is 62.9 Å². The number of nitrogens with zero attached hydrogens (tertiary/aromatic N) is 2. The molecule has 0 heterocycles. The molecule has 3 N–H and O–H groups in total. The minimum Gasteiger partial charge on any atom is -0.492 e. The van der Waals surface area contributed by atoms with Gasteiger partial charge in [-0.25, -0.2) is 4.99 Å². The molecule has 0 aromatic heterocycles. The van der Waals surface area contributed by atoms with Crippen molar-refractivity contribution in [1.29, 1.82) is 0 Å². The smallest absolute Gasteiger partial charge is 0.188 e. The van der Waals surface area contributed by atoms with Gasteiger partial charge in [0.2, 0.25) is 0 Å². The van der Waals surface area contributed by atoms with E-state index in [2.05, 4.69) is 42.9 Å². The first-order valence-electron chi connectivity index (χ1n) is 8.53. The lowest BCUT2D eigenvalue weighted by atomic mass is 10.2. The van der Waals surface area contributed by atoms with Crippen LogP contribution in [-0.2, 0) is 6.54 Å². The maximum Gasteiger partial charge on any atom is 0.188 e. The molecule has 0 radical (unpaired) electrons. The van der Waals surface area contributed by atoms with Gasteiger partial charge in [-0.1, -0.05) is 45.9 Å². The second-order valence-corrected chi connectivity index (χ2v) is 5.96. The molecule has 0 spiro atoms. The highest BCUT2D eigenvalue weighted by molar-refractivity contribution is 5.77. The number of ether oxygens (including phenoxy) is 1. The quantitative estimate of drug-likeness (QED) is 0.513. The van der Waals surface area contributed by atoms with E-state index >= 15 is 0 Å². The number of likely N-dealkylation sites (N-methyl/N-ethyl adjacent to an activating group) is 1. The summed E-state index contributed by atoms with van der Waals surface area (Å²) in [5.41, 5.74) is 6.94. The third-order valence-corrected chi connectivity index (χ3v) is 3.64. The van der Waals surface area contributed by atoms with Crippen molar-refractivity contribution in [3.8, 4) is 5.75 Å². The maximum atomic E-state index is 5.93. The molecule has 0 amide bonds. The highest BCUT2D eigenvalue weighted by Crippen LogP contribution is 2.18. The van der Waals surface area contributed by atoms with Crippen molar-refractivity contribution >= 4 is 5.96 Å². The molecule has 5 heteroatoms. The van der Waals surface area contributed by atoms with Crippen LogP contribution in [0.1, 0.15) is 33.3 Å². The van der Waals surface area contributed by atoms with Gasteiger partial charge < -0.3 is 20.7 Å². The monoisotopic (exact) mass is 320 g/mol. The minimum absolute atomic E-state index is 0.483. The number of hydrogen-bond acceptors (Lipinski definition) is 3. The number of hydrogen-bond donors (Lipinski definition) is 2. The highest BCUT2D eigenvalue weighted by Gasteiger charge is 2.04. The summed E-state index contributed by atoms with van der Waals surface area (Å²) in [6.07, 6.45) is 0. The zero-order valence-corrected chi connectivity index (χ0v) is 15.0. The number of nitrogens with two attached hydrogens (primary N) is 1. The molecule has 1 rings (SSSR count). The molecule has 0 aliphatic carbocycles. The van der Waals surface area contributed by atoms with Crippen LogP contribution in [0.15, 0.2) is 29.3 Å². The lowest BCUT2D eigenvalue weighted by Crippen LogP contribution is -2.34. The van der Waals surface area contributed by atoms with Crippen molar-refractivity contribution in [3.05, 3.63) is 29.8 Å². The maximum absolute atomic E-state index is 5.93. The predicted octanol–water partition coefficient (Wildman–Crippen LogP) is 2.47. The zero-order valence-electron chi connectivity index (χ0n) is 15.0. The molecule has 0 bridgehead atoms. The fraction of sp³-hybridized carbons (Fsp3) is 0.611. The summed E-state index contributed by atoms with van der Waals surface area (Å²) >= 11 is 0. The van der Waals surface area contributed by atoms with Crippen LogP contribution in [0.5, 0.6) is 5.75 Å². The second kappa shape index (κ2) is 10.9. The molecule has 0 saturated carbocycles. The summed E-state index contributed by atoms with van der Waals surface area (Å²) in [7, 11) is 0. The Balaban J connectivity index is 2.54. The second-order valence-electron chi connectivity index (χ2n) is 5.96. The third-order valence-electron chi connectivity index (χ3n) is 3.64. The molecule has 23 heavy (non-hydrogen) atoms. The van der Waals surface area contributed by atoms with Crippen molar-refractivity contribution < 1.29 is 4.74 Å². The van der Waals surface area contributed by atoms with Crippen LogP contribution in [0.2, 0.25) is 0 Å². The first-order valence-corrected chi connectivity index (χ1v) is 8.53. The van der Waals surface area contributed by atoms with E-state index < -0.39 is 0 Å². The lowest BCUT2D eigenvalue weighted by Gasteiger charge is -2.18. The van der Waals surface area contributed by atoms with Gasteiger partial charge in [-0.15, -0.1) is 0 Å². The standard InChI is InChI=1S/C18H32N4O/c1-5-22(6-2)11-12-23-17-10-8-7-9-16(17)14-21-18(19)20-13-15(3)4/h7-10,15H,5-6,11-14H2,1-4H3,(H3,19,20,21). The van der Waals surface area contributed by atoms with Gasteiger partial charge in [-0.05, 0) is 25.1 Å². The number of benzene rings is 1. The summed E-state index contributed by atoms with van der Waals surface area (Å²) in [6.45, 7) is 13.7. The van der Waals surface area contributed by atoms with E-state index in [0.29, 0.717) is 25.0 Å². The van der Waals surface area contributed by atoms with Crippen LogP contribution >= 0.6 is 0 Å². The van der Waals surface area contributed by atoms with Crippen LogP contribution in [0.3, 0.4) is 0 Å². The van der Waals surface area contributed by atoms with E-state index in [0.717, 1.165) is 37.5 Å². The number of nitrogens with one attached hydrogen (secondary N) is 1.